The minimum absolute atomic E-state index is 0.839. The average Bonchev–Trinajstić information content (AvgIpc) is 2.41. The standard InChI is InChI=1S/C15H15N3/c1-11-15(17-12-7-3-2-4-8-12)18-14-10-6-5-9-13(14)16-11/h2-4,7-10H,5-6H2,1H3,(H,17,18). The number of hydrogen-bond acceptors (Lipinski definition) is 3. The summed E-state index contributed by atoms with van der Waals surface area (Å²) < 4.78 is 0. The van der Waals surface area contributed by atoms with Crippen LogP contribution >= 0.6 is 0 Å². The Labute approximate surface area is 106 Å². The van der Waals surface area contributed by atoms with Crippen molar-refractivity contribution in [2.45, 2.75) is 19.8 Å². The molecular weight excluding hydrogens is 222 g/mol. The molecule has 3 heteroatoms. The van der Waals surface area contributed by atoms with Gasteiger partial charge >= 0.3 is 0 Å². The van der Waals surface area contributed by atoms with E-state index < -0.39 is 0 Å². The number of nitrogens with one attached hydrogen (secondary N) is 1. The van der Waals surface area contributed by atoms with Crippen LogP contribution in [0.15, 0.2) is 30.3 Å². The fourth-order valence-electron chi connectivity index (χ4n) is 2.07. The van der Waals surface area contributed by atoms with Gasteiger partial charge in [-0.15, -0.1) is 0 Å². The Hall–Kier alpha value is -2.16. The first-order valence-electron chi connectivity index (χ1n) is 6.20. The van der Waals surface area contributed by atoms with E-state index in [-0.39, 0.29) is 0 Å². The summed E-state index contributed by atoms with van der Waals surface area (Å²) in [6.45, 7) is 1.99. The molecule has 18 heavy (non-hydrogen) atoms. The summed E-state index contributed by atoms with van der Waals surface area (Å²) in [4.78, 5) is 9.25. The van der Waals surface area contributed by atoms with Crippen LogP contribution in [-0.4, -0.2) is 9.97 Å². The van der Waals surface area contributed by atoms with E-state index in [2.05, 4.69) is 27.4 Å². The number of anilines is 2. The van der Waals surface area contributed by atoms with Gasteiger partial charge in [0.15, 0.2) is 5.82 Å². The van der Waals surface area contributed by atoms with Gasteiger partial charge in [0.25, 0.3) is 0 Å². The Kier molecular flexibility index (Phi) is 2.81. The van der Waals surface area contributed by atoms with Crippen molar-refractivity contribution in [1.29, 1.82) is 0 Å². The second kappa shape index (κ2) is 4.61. The van der Waals surface area contributed by atoms with Gasteiger partial charge < -0.3 is 5.32 Å². The molecule has 1 aromatic heterocycles. The van der Waals surface area contributed by atoms with Crippen LogP contribution in [0.25, 0.3) is 12.2 Å². The first-order valence-corrected chi connectivity index (χ1v) is 6.20. The van der Waals surface area contributed by atoms with E-state index in [0.717, 1.165) is 40.7 Å². The Morgan fingerprint density at radius 2 is 1.61 bits per heavy atom. The number of rotatable bonds is 2. The lowest BCUT2D eigenvalue weighted by Crippen LogP contribution is -2.34. The molecule has 0 amide bonds. The van der Waals surface area contributed by atoms with Crippen LogP contribution in [0.4, 0.5) is 11.5 Å². The summed E-state index contributed by atoms with van der Waals surface area (Å²) in [6.07, 6.45) is 6.42. The first kappa shape index (κ1) is 11.0. The molecule has 0 bridgehead atoms. The van der Waals surface area contributed by atoms with Crippen LogP contribution in [0.1, 0.15) is 18.5 Å². The number of para-hydroxylation sites is 1. The summed E-state index contributed by atoms with van der Waals surface area (Å²) in [5.41, 5.74) is 1.97. The summed E-state index contributed by atoms with van der Waals surface area (Å²) in [6, 6.07) is 10.1. The summed E-state index contributed by atoms with van der Waals surface area (Å²) >= 11 is 0. The average molecular weight is 237 g/mol. The van der Waals surface area contributed by atoms with Gasteiger partial charge in [0.1, 0.15) is 0 Å². The number of fused-ring (bicyclic) bond motifs is 1. The molecule has 0 atom stereocenters. The molecule has 3 nitrogen and oxygen atoms in total. The predicted octanol–water partition coefficient (Wildman–Crippen LogP) is 1.88. The van der Waals surface area contributed by atoms with Gasteiger partial charge in [-0.25, -0.2) is 9.97 Å². The Morgan fingerprint density at radius 1 is 0.944 bits per heavy atom. The van der Waals surface area contributed by atoms with Gasteiger partial charge in [-0.1, -0.05) is 30.4 Å². The van der Waals surface area contributed by atoms with Crippen molar-refractivity contribution in [3.63, 3.8) is 0 Å². The number of nitrogens with zero attached hydrogens (tertiary/aromatic N) is 2. The van der Waals surface area contributed by atoms with Gasteiger partial charge in [-0.3, -0.25) is 0 Å². The second-order valence-corrected chi connectivity index (χ2v) is 4.40. The molecular formula is C15H15N3. The first-order chi connectivity index (χ1) is 8.83. The topological polar surface area (TPSA) is 37.8 Å². The highest BCUT2D eigenvalue weighted by molar-refractivity contribution is 5.57. The fourth-order valence-corrected chi connectivity index (χ4v) is 2.07. The van der Waals surface area contributed by atoms with E-state index in [9.17, 15) is 0 Å². The van der Waals surface area contributed by atoms with Gasteiger partial charge in [-0.2, -0.15) is 0 Å². The van der Waals surface area contributed by atoms with Crippen LogP contribution in [0.5, 0.6) is 0 Å². The smallest absolute Gasteiger partial charge is 0.152 e. The minimum atomic E-state index is 0.839. The molecule has 1 aliphatic rings. The van der Waals surface area contributed by atoms with Crippen molar-refractivity contribution < 1.29 is 0 Å². The van der Waals surface area contributed by atoms with Crippen molar-refractivity contribution in [2.75, 3.05) is 5.32 Å². The van der Waals surface area contributed by atoms with Crippen molar-refractivity contribution in [3.05, 3.63) is 46.7 Å². The number of benzene rings is 1. The van der Waals surface area contributed by atoms with Crippen LogP contribution in [0.2, 0.25) is 0 Å². The molecule has 0 unspecified atom stereocenters. The highest BCUT2D eigenvalue weighted by Gasteiger charge is 2.04. The maximum absolute atomic E-state index is 4.65. The van der Waals surface area contributed by atoms with E-state index in [1.807, 2.05) is 37.3 Å². The number of hydrogen-bond donors (Lipinski definition) is 1. The molecule has 3 rings (SSSR count). The van der Waals surface area contributed by atoms with E-state index in [1.54, 1.807) is 0 Å². The SMILES string of the molecule is Cc1nc2c(nc1Nc1ccccc1)=CCCC=2. The van der Waals surface area contributed by atoms with Crippen LogP contribution in [-0.2, 0) is 0 Å². The van der Waals surface area contributed by atoms with Gasteiger partial charge in [-0.05, 0) is 31.9 Å². The molecule has 1 N–H and O–H groups in total. The van der Waals surface area contributed by atoms with Crippen LogP contribution in [0.3, 0.4) is 0 Å². The van der Waals surface area contributed by atoms with Crippen molar-refractivity contribution in [2.24, 2.45) is 0 Å². The molecule has 90 valence electrons. The monoisotopic (exact) mass is 237 g/mol. The zero-order valence-electron chi connectivity index (χ0n) is 10.4. The van der Waals surface area contributed by atoms with Gasteiger partial charge in [0, 0.05) is 5.69 Å². The lowest BCUT2D eigenvalue weighted by molar-refractivity contribution is 0.992. The summed E-state index contributed by atoms with van der Waals surface area (Å²) in [5.74, 6) is 0.839. The molecule has 2 aromatic rings. The van der Waals surface area contributed by atoms with E-state index in [1.165, 1.54) is 0 Å². The molecule has 0 fully saturated rings. The van der Waals surface area contributed by atoms with Crippen molar-refractivity contribution in [3.8, 4) is 0 Å². The van der Waals surface area contributed by atoms with Crippen LogP contribution in [0, 0.1) is 6.92 Å². The Balaban J connectivity index is 2.04. The molecule has 0 saturated heterocycles. The highest BCUT2D eigenvalue weighted by Crippen LogP contribution is 2.14. The number of aryl methyl sites for hydroxylation is 1. The third-order valence-corrected chi connectivity index (χ3v) is 3.00. The zero-order valence-corrected chi connectivity index (χ0v) is 10.4. The maximum atomic E-state index is 4.65. The largest absolute Gasteiger partial charge is 0.339 e. The molecule has 1 aromatic carbocycles. The highest BCUT2D eigenvalue weighted by atomic mass is 15.0. The van der Waals surface area contributed by atoms with Gasteiger partial charge in [0.05, 0.1) is 16.4 Å². The molecule has 0 aliphatic heterocycles. The van der Waals surface area contributed by atoms with Crippen molar-refractivity contribution in [1.82, 2.24) is 9.97 Å². The van der Waals surface area contributed by atoms with Crippen LogP contribution < -0.4 is 16.0 Å². The summed E-state index contributed by atoms with van der Waals surface area (Å²) in [7, 11) is 0. The second-order valence-electron chi connectivity index (χ2n) is 4.40. The predicted molar refractivity (Wildman–Crippen MR) is 73.9 cm³/mol. The maximum Gasteiger partial charge on any atom is 0.152 e. The lowest BCUT2D eigenvalue weighted by Gasteiger charge is -2.09. The van der Waals surface area contributed by atoms with E-state index in [4.69, 9.17) is 0 Å². The molecule has 1 aliphatic carbocycles. The quantitative estimate of drug-likeness (QED) is 0.866. The summed E-state index contributed by atoms with van der Waals surface area (Å²) in [5, 5.41) is 5.32. The fraction of sp³-hybridized carbons (Fsp3) is 0.200. The van der Waals surface area contributed by atoms with E-state index >= 15 is 0 Å². The van der Waals surface area contributed by atoms with Gasteiger partial charge in [0.2, 0.25) is 0 Å². The van der Waals surface area contributed by atoms with Crippen molar-refractivity contribution >= 4 is 23.7 Å². The third-order valence-electron chi connectivity index (χ3n) is 3.00. The Bertz CT molecular complexity index is 675. The zero-order chi connectivity index (χ0) is 12.4. The molecule has 0 spiro atoms. The Morgan fingerprint density at radius 3 is 2.33 bits per heavy atom. The third kappa shape index (κ3) is 2.12. The molecule has 0 saturated carbocycles. The molecule has 1 heterocycles. The minimum Gasteiger partial charge on any atom is -0.339 e. The number of aromatic nitrogens is 2. The normalized spacial score (nSPS) is 13.2. The lowest BCUT2D eigenvalue weighted by atomic mass is 10.2. The van der Waals surface area contributed by atoms with E-state index in [0.29, 0.717) is 0 Å². The molecule has 0 radical (unpaired) electrons.